The van der Waals surface area contributed by atoms with Crippen molar-refractivity contribution in [3.8, 4) is 0 Å². The fraction of sp³-hybridized carbons (Fsp3) is 0.368. The second-order valence-electron chi connectivity index (χ2n) is 5.78. The molecule has 136 valence electrons. The van der Waals surface area contributed by atoms with Crippen molar-refractivity contribution < 1.29 is 4.74 Å². The Morgan fingerprint density at radius 1 is 1.04 bits per heavy atom. The summed E-state index contributed by atoms with van der Waals surface area (Å²) in [4.78, 5) is 8.52. The van der Waals surface area contributed by atoms with Crippen LogP contribution in [0.15, 0.2) is 53.7 Å². The van der Waals surface area contributed by atoms with Crippen LogP contribution in [0, 0.1) is 0 Å². The highest BCUT2D eigenvalue weighted by molar-refractivity contribution is 14.0. The lowest BCUT2D eigenvalue weighted by molar-refractivity contribution is 0.0657. The summed E-state index contributed by atoms with van der Waals surface area (Å²) in [6, 6.07) is 14.3. The Hall–Kier alpha value is -1.67. The van der Waals surface area contributed by atoms with E-state index in [0.29, 0.717) is 19.7 Å². The van der Waals surface area contributed by atoms with Crippen LogP contribution in [-0.2, 0) is 24.4 Å². The summed E-state index contributed by atoms with van der Waals surface area (Å²) in [6.07, 6.45) is 2.04. The smallest absolute Gasteiger partial charge is 0.191 e. The minimum Gasteiger partial charge on any atom is -0.374 e. The van der Waals surface area contributed by atoms with E-state index in [9.17, 15) is 0 Å². The number of pyridine rings is 1. The van der Waals surface area contributed by atoms with Crippen LogP contribution in [0.25, 0.3) is 0 Å². The van der Waals surface area contributed by atoms with Gasteiger partial charge in [0.15, 0.2) is 5.96 Å². The number of rotatable bonds is 7. The quantitative estimate of drug-likeness (QED) is 0.382. The number of nitrogens with one attached hydrogen (secondary N) is 2. The SMILES string of the molecule is CN=C(NCc1ccc(COC(C)C)cc1)NCc1ccccn1.I. The molecule has 0 unspecified atom stereocenters. The molecule has 0 radical (unpaired) electrons. The standard InChI is InChI=1S/C19H26N4O.HI/c1-15(2)24-14-17-9-7-16(8-10-17)12-22-19(20-3)23-13-18-6-4-5-11-21-18;/h4-11,15H,12-14H2,1-3H3,(H2,20,22,23);1H. The average Bonchev–Trinajstić information content (AvgIpc) is 2.62. The number of aliphatic imine (C=N–C) groups is 1. The van der Waals surface area contributed by atoms with Gasteiger partial charge in [0.1, 0.15) is 0 Å². The molecule has 0 amide bonds. The molecule has 1 heterocycles. The molecule has 2 N–H and O–H groups in total. The maximum Gasteiger partial charge on any atom is 0.191 e. The van der Waals surface area contributed by atoms with Gasteiger partial charge < -0.3 is 15.4 Å². The van der Waals surface area contributed by atoms with E-state index in [2.05, 4.69) is 44.9 Å². The summed E-state index contributed by atoms with van der Waals surface area (Å²) in [5.41, 5.74) is 3.36. The first-order chi connectivity index (χ1) is 11.7. The van der Waals surface area contributed by atoms with Gasteiger partial charge >= 0.3 is 0 Å². The van der Waals surface area contributed by atoms with E-state index in [0.717, 1.165) is 11.7 Å². The van der Waals surface area contributed by atoms with E-state index in [1.165, 1.54) is 11.1 Å². The van der Waals surface area contributed by atoms with Crippen molar-refractivity contribution in [3.63, 3.8) is 0 Å². The lowest BCUT2D eigenvalue weighted by atomic mass is 10.1. The molecule has 0 saturated carbocycles. The Balaban J connectivity index is 0.00000312. The first-order valence-corrected chi connectivity index (χ1v) is 8.21. The molecule has 6 heteroatoms. The van der Waals surface area contributed by atoms with Crippen molar-refractivity contribution in [3.05, 3.63) is 65.5 Å². The maximum absolute atomic E-state index is 5.61. The van der Waals surface area contributed by atoms with Gasteiger partial charge in [-0.3, -0.25) is 9.98 Å². The maximum atomic E-state index is 5.61. The molecule has 0 aliphatic carbocycles. The van der Waals surface area contributed by atoms with Crippen molar-refractivity contribution in [1.29, 1.82) is 0 Å². The first kappa shape index (κ1) is 21.4. The molecule has 2 rings (SSSR count). The van der Waals surface area contributed by atoms with Crippen molar-refractivity contribution in [2.24, 2.45) is 4.99 Å². The largest absolute Gasteiger partial charge is 0.374 e. The second-order valence-corrected chi connectivity index (χ2v) is 5.78. The lowest BCUT2D eigenvalue weighted by Gasteiger charge is -2.12. The van der Waals surface area contributed by atoms with Crippen LogP contribution in [0.4, 0.5) is 0 Å². The van der Waals surface area contributed by atoms with E-state index in [1.54, 1.807) is 13.2 Å². The summed E-state index contributed by atoms with van der Waals surface area (Å²) in [5.74, 6) is 0.757. The molecule has 0 aliphatic rings. The molecule has 0 atom stereocenters. The third-order valence-electron chi connectivity index (χ3n) is 3.45. The monoisotopic (exact) mass is 454 g/mol. The van der Waals surface area contributed by atoms with Crippen molar-refractivity contribution in [2.75, 3.05) is 7.05 Å². The average molecular weight is 454 g/mol. The van der Waals surface area contributed by atoms with Crippen LogP contribution in [-0.4, -0.2) is 24.1 Å². The van der Waals surface area contributed by atoms with Gasteiger partial charge in [-0.1, -0.05) is 30.3 Å². The Bertz CT molecular complexity index is 630. The molecule has 0 aliphatic heterocycles. The molecular weight excluding hydrogens is 427 g/mol. The van der Waals surface area contributed by atoms with E-state index in [4.69, 9.17) is 4.74 Å². The molecule has 1 aromatic carbocycles. The molecule has 0 bridgehead atoms. The van der Waals surface area contributed by atoms with E-state index in [-0.39, 0.29) is 30.1 Å². The third kappa shape index (κ3) is 8.31. The predicted octanol–water partition coefficient (Wildman–Crippen LogP) is 3.49. The van der Waals surface area contributed by atoms with Gasteiger partial charge in [-0.25, -0.2) is 0 Å². The number of benzene rings is 1. The predicted molar refractivity (Wildman–Crippen MR) is 113 cm³/mol. The van der Waals surface area contributed by atoms with Gasteiger partial charge in [-0.05, 0) is 37.1 Å². The third-order valence-corrected chi connectivity index (χ3v) is 3.45. The number of nitrogens with zero attached hydrogens (tertiary/aromatic N) is 2. The summed E-state index contributed by atoms with van der Waals surface area (Å²) >= 11 is 0. The number of guanidine groups is 1. The Morgan fingerprint density at radius 3 is 2.32 bits per heavy atom. The highest BCUT2D eigenvalue weighted by atomic mass is 127. The number of hydrogen-bond acceptors (Lipinski definition) is 3. The van der Waals surface area contributed by atoms with Gasteiger partial charge in [0.25, 0.3) is 0 Å². The molecular formula is C19H27IN4O. The van der Waals surface area contributed by atoms with Crippen molar-refractivity contribution in [2.45, 2.75) is 39.6 Å². The van der Waals surface area contributed by atoms with Crippen LogP contribution in [0.3, 0.4) is 0 Å². The lowest BCUT2D eigenvalue weighted by Crippen LogP contribution is -2.36. The van der Waals surface area contributed by atoms with Gasteiger partial charge in [0.05, 0.1) is 24.9 Å². The van der Waals surface area contributed by atoms with Crippen LogP contribution in [0.2, 0.25) is 0 Å². The molecule has 0 saturated heterocycles. The van der Waals surface area contributed by atoms with Crippen molar-refractivity contribution in [1.82, 2.24) is 15.6 Å². The number of halogens is 1. The molecule has 0 fully saturated rings. The van der Waals surface area contributed by atoms with Crippen LogP contribution in [0.1, 0.15) is 30.7 Å². The van der Waals surface area contributed by atoms with Gasteiger partial charge in [-0.15, -0.1) is 24.0 Å². The zero-order chi connectivity index (χ0) is 17.2. The Labute approximate surface area is 167 Å². The summed E-state index contributed by atoms with van der Waals surface area (Å²) in [6.45, 7) is 6.10. The molecule has 2 aromatic rings. The number of hydrogen-bond donors (Lipinski definition) is 2. The second kappa shape index (κ2) is 11.8. The van der Waals surface area contributed by atoms with Crippen molar-refractivity contribution >= 4 is 29.9 Å². The fourth-order valence-electron chi connectivity index (χ4n) is 2.10. The fourth-order valence-corrected chi connectivity index (χ4v) is 2.10. The van der Waals surface area contributed by atoms with E-state index >= 15 is 0 Å². The summed E-state index contributed by atoms with van der Waals surface area (Å²) < 4.78 is 5.61. The van der Waals surface area contributed by atoms with E-state index in [1.807, 2.05) is 32.0 Å². The summed E-state index contributed by atoms with van der Waals surface area (Å²) in [7, 11) is 1.76. The molecule has 25 heavy (non-hydrogen) atoms. The van der Waals surface area contributed by atoms with Crippen LogP contribution in [0.5, 0.6) is 0 Å². The molecule has 5 nitrogen and oxygen atoms in total. The highest BCUT2D eigenvalue weighted by Crippen LogP contribution is 2.07. The van der Waals surface area contributed by atoms with Crippen LogP contribution < -0.4 is 10.6 Å². The minimum atomic E-state index is 0. The van der Waals surface area contributed by atoms with E-state index < -0.39 is 0 Å². The molecule has 1 aromatic heterocycles. The minimum absolute atomic E-state index is 0. The highest BCUT2D eigenvalue weighted by Gasteiger charge is 2.01. The van der Waals surface area contributed by atoms with Gasteiger partial charge in [0.2, 0.25) is 0 Å². The van der Waals surface area contributed by atoms with Crippen LogP contribution >= 0.6 is 24.0 Å². The number of aromatic nitrogens is 1. The number of ether oxygens (including phenoxy) is 1. The van der Waals surface area contributed by atoms with Gasteiger partial charge in [0, 0.05) is 19.8 Å². The Kier molecular flexibility index (Phi) is 10.1. The first-order valence-electron chi connectivity index (χ1n) is 8.21. The zero-order valence-corrected chi connectivity index (χ0v) is 17.4. The zero-order valence-electron chi connectivity index (χ0n) is 15.0. The van der Waals surface area contributed by atoms with Gasteiger partial charge in [-0.2, -0.15) is 0 Å². The molecule has 0 spiro atoms. The topological polar surface area (TPSA) is 58.5 Å². The summed E-state index contributed by atoms with van der Waals surface area (Å²) in [5, 5.41) is 6.56. The normalized spacial score (nSPS) is 11.1. The Morgan fingerprint density at radius 2 is 1.72 bits per heavy atom.